The van der Waals surface area contributed by atoms with Gasteiger partial charge in [-0.2, -0.15) is 0 Å². The molecule has 1 atom stereocenters. The van der Waals surface area contributed by atoms with Crippen LogP contribution < -0.4 is 9.62 Å². The number of hydrogen-bond donors (Lipinski definition) is 1. The number of carbonyl (C=O) groups is 2. The van der Waals surface area contributed by atoms with Crippen molar-refractivity contribution in [3.63, 3.8) is 0 Å². The molecular weight excluding hydrogens is 522 g/mol. The third kappa shape index (κ3) is 7.36. The van der Waals surface area contributed by atoms with Gasteiger partial charge >= 0.3 is 0 Å². The molecule has 0 bridgehead atoms. The molecule has 3 rings (SSSR count). The highest BCUT2D eigenvalue weighted by Crippen LogP contribution is 2.27. The Labute approximate surface area is 230 Å². The molecule has 0 spiro atoms. The molecule has 0 fully saturated rings. The van der Waals surface area contributed by atoms with Crippen molar-refractivity contribution in [2.45, 2.75) is 51.6 Å². The van der Waals surface area contributed by atoms with Crippen LogP contribution in [0.15, 0.2) is 77.7 Å². The van der Waals surface area contributed by atoms with Crippen molar-refractivity contribution in [2.75, 3.05) is 17.4 Å². The van der Waals surface area contributed by atoms with Gasteiger partial charge in [-0.25, -0.2) is 8.42 Å². The minimum atomic E-state index is -4.13. The summed E-state index contributed by atoms with van der Waals surface area (Å²) < 4.78 is 28.6. The van der Waals surface area contributed by atoms with Crippen molar-refractivity contribution in [1.29, 1.82) is 0 Å². The Morgan fingerprint density at radius 2 is 1.63 bits per heavy atom. The molecule has 0 saturated heterocycles. The van der Waals surface area contributed by atoms with Crippen LogP contribution in [0, 0.1) is 13.8 Å². The van der Waals surface area contributed by atoms with E-state index >= 15 is 0 Å². The van der Waals surface area contributed by atoms with E-state index in [1.54, 1.807) is 37.3 Å². The summed E-state index contributed by atoms with van der Waals surface area (Å²) in [6, 6.07) is 19.6. The SMILES string of the molecule is CCCNC(=O)[C@H](C)N(Cc1cccc(C)c1)C(=O)CN(c1cccc(Cl)c1)S(=O)(=O)c1ccc(C)cc1. The molecule has 3 aromatic rings. The molecular formula is C29H34ClN3O4S. The first-order chi connectivity index (χ1) is 18.0. The number of nitrogens with zero attached hydrogens (tertiary/aromatic N) is 2. The molecule has 0 aliphatic carbocycles. The van der Waals surface area contributed by atoms with E-state index in [-0.39, 0.29) is 23.0 Å². The topological polar surface area (TPSA) is 86.8 Å². The Hall–Kier alpha value is -3.36. The van der Waals surface area contributed by atoms with Gasteiger partial charge in [-0.05, 0) is 63.1 Å². The lowest BCUT2D eigenvalue weighted by atomic mass is 10.1. The van der Waals surface area contributed by atoms with Crippen molar-refractivity contribution in [3.05, 3.63) is 94.5 Å². The number of aryl methyl sites for hydroxylation is 2. The van der Waals surface area contributed by atoms with Crippen LogP contribution in [0.2, 0.25) is 5.02 Å². The Balaban J connectivity index is 2.02. The molecule has 7 nitrogen and oxygen atoms in total. The lowest BCUT2D eigenvalue weighted by Gasteiger charge is -2.32. The molecule has 0 aliphatic heterocycles. The van der Waals surface area contributed by atoms with Gasteiger partial charge in [0.25, 0.3) is 10.0 Å². The fraction of sp³-hybridized carbons (Fsp3) is 0.310. The lowest BCUT2D eigenvalue weighted by Crippen LogP contribution is -2.51. The van der Waals surface area contributed by atoms with Crippen LogP contribution in [0.25, 0.3) is 0 Å². The standard InChI is InChI=1S/C29H34ClN3O4S/c1-5-16-31-29(35)23(4)32(19-24-9-6-8-22(3)17-24)28(34)20-33(26-11-7-10-25(30)18-26)38(36,37)27-14-12-21(2)13-15-27/h6-15,17-18,23H,5,16,19-20H2,1-4H3,(H,31,35)/t23-/m0/s1. The predicted molar refractivity (Wildman–Crippen MR) is 152 cm³/mol. The second-order valence-electron chi connectivity index (χ2n) is 9.28. The summed E-state index contributed by atoms with van der Waals surface area (Å²) in [5.74, 6) is -0.815. The smallest absolute Gasteiger partial charge is 0.264 e. The Morgan fingerprint density at radius 3 is 2.26 bits per heavy atom. The maximum atomic E-state index is 13.9. The molecule has 0 unspecified atom stereocenters. The normalized spacial score (nSPS) is 12.0. The van der Waals surface area contributed by atoms with Crippen LogP contribution in [0.3, 0.4) is 0 Å². The number of carbonyl (C=O) groups excluding carboxylic acids is 2. The van der Waals surface area contributed by atoms with E-state index in [2.05, 4.69) is 5.32 Å². The van der Waals surface area contributed by atoms with Gasteiger partial charge in [-0.1, -0.05) is 72.1 Å². The van der Waals surface area contributed by atoms with Crippen molar-refractivity contribution in [2.24, 2.45) is 0 Å². The molecule has 9 heteroatoms. The lowest BCUT2D eigenvalue weighted by molar-refractivity contribution is -0.139. The summed E-state index contributed by atoms with van der Waals surface area (Å²) in [6.45, 7) is 7.52. The average molecular weight is 556 g/mol. The number of anilines is 1. The Bertz CT molecular complexity index is 1380. The second kappa shape index (κ2) is 12.9. The number of hydrogen-bond acceptors (Lipinski definition) is 4. The highest BCUT2D eigenvalue weighted by molar-refractivity contribution is 7.92. The first kappa shape index (κ1) is 29.2. The van der Waals surface area contributed by atoms with Crippen LogP contribution >= 0.6 is 11.6 Å². The first-order valence-corrected chi connectivity index (χ1v) is 14.3. The Kier molecular flexibility index (Phi) is 9.94. The van der Waals surface area contributed by atoms with Gasteiger partial charge < -0.3 is 10.2 Å². The third-order valence-electron chi connectivity index (χ3n) is 6.14. The summed E-state index contributed by atoms with van der Waals surface area (Å²) >= 11 is 6.20. The number of rotatable bonds is 11. The van der Waals surface area contributed by atoms with Gasteiger partial charge in [0.2, 0.25) is 11.8 Å². The molecule has 2 amide bonds. The van der Waals surface area contributed by atoms with E-state index < -0.39 is 28.5 Å². The number of nitrogens with one attached hydrogen (secondary N) is 1. The number of amides is 2. The molecule has 0 aliphatic rings. The van der Waals surface area contributed by atoms with Crippen LogP contribution in [0.5, 0.6) is 0 Å². The summed E-state index contributed by atoms with van der Waals surface area (Å²) in [6.07, 6.45) is 0.752. The van der Waals surface area contributed by atoms with Gasteiger partial charge in [0.05, 0.1) is 10.6 Å². The number of sulfonamides is 1. The zero-order chi connectivity index (χ0) is 27.9. The highest BCUT2D eigenvalue weighted by atomic mass is 35.5. The monoisotopic (exact) mass is 555 g/mol. The van der Waals surface area contributed by atoms with Gasteiger partial charge in [0, 0.05) is 18.1 Å². The fourth-order valence-corrected chi connectivity index (χ4v) is 5.57. The number of halogens is 1. The zero-order valence-corrected chi connectivity index (χ0v) is 23.7. The molecule has 0 radical (unpaired) electrons. The maximum Gasteiger partial charge on any atom is 0.264 e. The van der Waals surface area contributed by atoms with E-state index in [1.165, 1.54) is 23.1 Å². The van der Waals surface area contributed by atoms with E-state index in [9.17, 15) is 18.0 Å². The van der Waals surface area contributed by atoms with Crippen LogP contribution in [0.1, 0.15) is 37.0 Å². The van der Waals surface area contributed by atoms with E-state index in [4.69, 9.17) is 11.6 Å². The number of benzene rings is 3. The Morgan fingerprint density at radius 1 is 0.947 bits per heavy atom. The third-order valence-corrected chi connectivity index (χ3v) is 8.16. The molecule has 0 heterocycles. The molecule has 38 heavy (non-hydrogen) atoms. The van der Waals surface area contributed by atoms with Gasteiger partial charge in [-0.15, -0.1) is 0 Å². The second-order valence-corrected chi connectivity index (χ2v) is 11.6. The van der Waals surface area contributed by atoms with Crippen molar-refractivity contribution in [3.8, 4) is 0 Å². The van der Waals surface area contributed by atoms with Gasteiger partial charge in [0.15, 0.2) is 0 Å². The molecule has 202 valence electrons. The molecule has 1 N–H and O–H groups in total. The fourth-order valence-electron chi connectivity index (χ4n) is 3.98. The summed E-state index contributed by atoms with van der Waals surface area (Å²) in [4.78, 5) is 28.2. The van der Waals surface area contributed by atoms with Crippen LogP contribution in [0.4, 0.5) is 5.69 Å². The first-order valence-electron chi connectivity index (χ1n) is 12.5. The molecule has 0 aromatic heterocycles. The van der Waals surface area contributed by atoms with Gasteiger partial charge in [0.1, 0.15) is 12.6 Å². The van der Waals surface area contributed by atoms with E-state index in [1.807, 2.05) is 45.0 Å². The van der Waals surface area contributed by atoms with E-state index in [0.717, 1.165) is 27.4 Å². The summed E-state index contributed by atoms with van der Waals surface area (Å²) in [5, 5.41) is 3.17. The average Bonchev–Trinajstić information content (AvgIpc) is 2.88. The van der Waals surface area contributed by atoms with Crippen molar-refractivity contribution >= 4 is 39.1 Å². The minimum Gasteiger partial charge on any atom is -0.354 e. The van der Waals surface area contributed by atoms with Crippen LogP contribution in [-0.4, -0.2) is 44.3 Å². The highest BCUT2D eigenvalue weighted by Gasteiger charge is 2.32. The molecule has 3 aromatic carbocycles. The van der Waals surface area contributed by atoms with Crippen LogP contribution in [-0.2, 0) is 26.2 Å². The summed E-state index contributed by atoms with van der Waals surface area (Å²) in [7, 11) is -4.13. The van der Waals surface area contributed by atoms with E-state index in [0.29, 0.717) is 11.6 Å². The predicted octanol–water partition coefficient (Wildman–Crippen LogP) is 5.10. The quantitative estimate of drug-likeness (QED) is 0.357. The summed E-state index contributed by atoms with van der Waals surface area (Å²) in [5.41, 5.74) is 3.01. The van der Waals surface area contributed by atoms with Crippen molar-refractivity contribution < 1.29 is 18.0 Å². The zero-order valence-electron chi connectivity index (χ0n) is 22.1. The minimum absolute atomic E-state index is 0.0508. The maximum absolute atomic E-state index is 13.9. The van der Waals surface area contributed by atoms with Gasteiger partial charge in [-0.3, -0.25) is 13.9 Å². The largest absolute Gasteiger partial charge is 0.354 e. The van der Waals surface area contributed by atoms with Crippen molar-refractivity contribution in [1.82, 2.24) is 10.2 Å². The molecule has 0 saturated carbocycles.